The number of rotatable bonds is 1. The van der Waals surface area contributed by atoms with Gasteiger partial charge in [0.1, 0.15) is 7.28 Å². The van der Waals surface area contributed by atoms with E-state index in [1.54, 1.807) is 5.56 Å². The summed E-state index contributed by atoms with van der Waals surface area (Å²) in [5, 5.41) is 0.447. The van der Waals surface area contributed by atoms with E-state index in [1.165, 1.54) is 38.5 Å². The molecule has 0 spiro atoms. The van der Waals surface area contributed by atoms with Gasteiger partial charge in [0.25, 0.3) is 0 Å². The quantitative estimate of drug-likeness (QED) is 0.600. The third kappa shape index (κ3) is 1.62. The summed E-state index contributed by atoms with van der Waals surface area (Å²) in [6.45, 7) is 0. The molecule has 2 heterocycles. The summed E-state index contributed by atoms with van der Waals surface area (Å²) in [6, 6.07) is 11.2. The van der Waals surface area contributed by atoms with Gasteiger partial charge in [0.15, 0.2) is 0 Å². The van der Waals surface area contributed by atoms with Crippen LogP contribution in [-0.2, 0) is 5.31 Å². The topological polar surface area (TPSA) is 0 Å². The van der Waals surface area contributed by atoms with Crippen LogP contribution in [-0.4, -0.2) is 7.28 Å². The Morgan fingerprint density at radius 2 is 1.73 bits per heavy atom. The summed E-state index contributed by atoms with van der Waals surface area (Å²) in [7, 11) is 2.68. The predicted octanol–water partition coefficient (Wildman–Crippen LogP) is 3.99. The first-order chi connectivity index (χ1) is 7.39. The van der Waals surface area contributed by atoms with Crippen LogP contribution >= 0.6 is 0 Å². The van der Waals surface area contributed by atoms with E-state index in [9.17, 15) is 0 Å². The first-order valence-corrected chi connectivity index (χ1v) is 6.31. The van der Waals surface area contributed by atoms with Crippen LogP contribution in [0.25, 0.3) is 0 Å². The minimum Gasteiger partial charge on any atom is -0.0678 e. The molecule has 79 valence electrons. The lowest BCUT2D eigenvalue weighted by Gasteiger charge is -2.45. The summed E-state index contributed by atoms with van der Waals surface area (Å²) in [4.78, 5) is 0. The van der Waals surface area contributed by atoms with Crippen molar-refractivity contribution in [3.05, 3.63) is 35.9 Å². The summed E-state index contributed by atoms with van der Waals surface area (Å²) < 4.78 is 0. The smallest absolute Gasteiger partial charge is 0.0678 e. The lowest BCUT2D eigenvalue weighted by molar-refractivity contribution is 0.364. The lowest BCUT2D eigenvalue weighted by atomic mass is 9.34. The van der Waals surface area contributed by atoms with Crippen LogP contribution in [0, 0.1) is 0 Å². The Hall–Kier alpha value is -0.715. The minimum absolute atomic E-state index is 0. The first kappa shape index (κ1) is 9.51. The van der Waals surface area contributed by atoms with Gasteiger partial charge in [0, 0.05) is 1.43 Å². The molecular formula is C14H20B. The van der Waals surface area contributed by atoms with E-state index in [2.05, 4.69) is 37.6 Å². The van der Waals surface area contributed by atoms with E-state index < -0.39 is 0 Å². The molecule has 0 saturated carbocycles. The molecule has 0 atom stereocenters. The second-order valence-electron chi connectivity index (χ2n) is 5.23. The van der Waals surface area contributed by atoms with Gasteiger partial charge >= 0.3 is 0 Å². The van der Waals surface area contributed by atoms with E-state index >= 15 is 0 Å². The Morgan fingerprint density at radius 3 is 2.40 bits per heavy atom. The zero-order chi connectivity index (χ0) is 10.1. The molecule has 2 bridgehead atoms. The van der Waals surface area contributed by atoms with E-state index in [4.69, 9.17) is 0 Å². The average molecular weight is 199 g/mol. The number of hydrogen-bond acceptors (Lipinski definition) is 0. The summed E-state index contributed by atoms with van der Waals surface area (Å²) in [5.74, 6) is 0.910. The second-order valence-corrected chi connectivity index (χ2v) is 5.23. The molecule has 0 nitrogen and oxygen atoms in total. The first-order valence-electron chi connectivity index (χ1n) is 6.31. The average Bonchev–Trinajstić information content (AvgIpc) is 2.30. The van der Waals surface area contributed by atoms with Crippen molar-refractivity contribution in [3.8, 4) is 0 Å². The van der Waals surface area contributed by atoms with Crippen molar-refractivity contribution in [2.45, 2.75) is 49.7 Å². The van der Waals surface area contributed by atoms with Crippen LogP contribution in [0.3, 0.4) is 0 Å². The molecular weight excluding hydrogens is 179 g/mol. The Balaban J connectivity index is 0.000000963. The molecule has 0 amide bonds. The molecule has 15 heavy (non-hydrogen) atoms. The Labute approximate surface area is 94.8 Å². The van der Waals surface area contributed by atoms with Crippen LogP contribution in [0.5, 0.6) is 0 Å². The molecule has 2 fully saturated rings. The van der Waals surface area contributed by atoms with E-state index in [0.717, 1.165) is 5.82 Å². The monoisotopic (exact) mass is 199 g/mol. The molecule has 0 N–H and O–H groups in total. The van der Waals surface area contributed by atoms with Gasteiger partial charge in [-0.1, -0.05) is 74.7 Å². The maximum absolute atomic E-state index is 2.68. The van der Waals surface area contributed by atoms with Crippen LogP contribution in [0.15, 0.2) is 30.3 Å². The van der Waals surface area contributed by atoms with E-state index in [-0.39, 0.29) is 1.43 Å². The number of hydrogen-bond donors (Lipinski definition) is 0. The highest BCUT2D eigenvalue weighted by molar-refractivity contribution is 6.43. The van der Waals surface area contributed by atoms with Gasteiger partial charge in [-0.25, -0.2) is 0 Å². The fourth-order valence-corrected chi connectivity index (χ4v) is 3.57. The maximum atomic E-state index is 2.68. The van der Waals surface area contributed by atoms with Gasteiger partial charge < -0.3 is 0 Å². The standard InChI is InChI=1S/C14H18B.H2/c1-2-6-12(7-3-1)14-10-4-8-13(15-14)9-5-11-14;/h1-3,6-7,13H,4-5,8-11H2;1H. The highest BCUT2D eigenvalue weighted by atomic mass is 14.3. The van der Waals surface area contributed by atoms with Crippen LogP contribution in [0.4, 0.5) is 0 Å². The number of fused-ring (bicyclic) bond motifs is 2. The molecule has 2 aliphatic heterocycles. The SMILES string of the molecule is [B]1C2CCCC1(c1ccccc1)CCC2.[HH]. The zero-order valence-corrected chi connectivity index (χ0v) is 9.28. The van der Waals surface area contributed by atoms with Gasteiger partial charge in [-0.05, 0) is 10.9 Å². The summed E-state index contributed by atoms with van der Waals surface area (Å²) >= 11 is 0. The van der Waals surface area contributed by atoms with Crippen molar-refractivity contribution in [2.24, 2.45) is 0 Å². The molecule has 0 aliphatic carbocycles. The van der Waals surface area contributed by atoms with Crippen molar-refractivity contribution in [2.75, 3.05) is 0 Å². The third-order valence-corrected chi connectivity index (χ3v) is 4.30. The molecule has 1 radical (unpaired) electrons. The van der Waals surface area contributed by atoms with Crippen molar-refractivity contribution in [1.82, 2.24) is 0 Å². The van der Waals surface area contributed by atoms with Crippen molar-refractivity contribution in [1.29, 1.82) is 0 Å². The fraction of sp³-hybridized carbons (Fsp3) is 0.571. The van der Waals surface area contributed by atoms with E-state index in [0.29, 0.717) is 5.31 Å². The van der Waals surface area contributed by atoms with Crippen LogP contribution < -0.4 is 0 Å². The van der Waals surface area contributed by atoms with Gasteiger partial charge in [0.2, 0.25) is 0 Å². The summed E-state index contributed by atoms with van der Waals surface area (Å²) in [5.41, 5.74) is 1.56. The Bertz CT molecular complexity index is 326. The van der Waals surface area contributed by atoms with Gasteiger partial charge in [0.05, 0.1) is 0 Å². The van der Waals surface area contributed by atoms with Gasteiger partial charge in [-0.2, -0.15) is 0 Å². The maximum Gasteiger partial charge on any atom is 0.128 e. The predicted molar refractivity (Wildman–Crippen MR) is 67.4 cm³/mol. The molecule has 2 aliphatic rings. The highest BCUT2D eigenvalue weighted by Crippen LogP contribution is 2.47. The van der Waals surface area contributed by atoms with Crippen LogP contribution in [0.2, 0.25) is 5.82 Å². The summed E-state index contributed by atoms with van der Waals surface area (Å²) in [6.07, 6.45) is 8.50. The normalized spacial score (nSPS) is 34.5. The zero-order valence-electron chi connectivity index (χ0n) is 9.28. The molecule has 1 aromatic carbocycles. The van der Waals surface area contributed by atoms with Crippen molar-refractivity contribution in [3.63, 3.8) is 0 Å². The largest absolute Gasteiger partial charge is 0.128 e. The molecule has 1 aromatic rings. The lowest BCUT2D eigenvalue weighted by Crippen LogP contribution is -2.42. The van der Waals surface area contributed by atoms with E-state index in [1.807, 2.05) is 0 Å². The Morgan fingerprint density at radius 1 is 1.07 bits per heavy atom. The van der Waals surface area contributed by atoms with Crippen molar-refractivity contribution < 1.29 is 1.43 Å². The van der Waals surface area contributed by atoms with Gasteiger partial charge in [-0.3, -0.25) is 0 Å². The molecule has 0 unspecified atom stereocenters. The Kier molecular flexibility index (Phi) is 2.34. The molecule has 2 saturated heterocycles. The van der Waals surface area contributed by atoms with Crippen LogP contribution in [0.1, 0.15) is 45.5 Å². The number of benzene rings is 1. The highest BCUT2D eigenvalue weighted by Gasteiger charge is 2.40. The molecule has 0 aromatic heterocycles. The third-order valence-electron chi connectivity index (χ3n) is 4.30. The van der Waals surface area contributed by atoms with Crippen molar-refractivity contribution >= 4 is 7.28 Å². The molecule has 1 heteroatoms. The van der Waals surface area contributed by atoms with Gasteiger partial charge in [-0.15, -0.1) is 0 Å². The minimum atomic E-state index is 0. The second kappa shape index (κ2) is 3.70. The molecule has 3 rings (SSSR count). The fourth-order valence-electron chi connectivity index (χ4n) is 3.57.